The smallest absolute Gasteiger partial charge is 0.253 e. The molecule has 2 amide bonds. The van der Waals surface area contributed by atoms with Gasteiger partial charge in [0.25, 0.3) is 11.8 Å². The zero-order valence-electron chi connectivity index (χ0n) is 14.9. The first-order chi connectivity index (χ1) is 13.1. The van der Waals surface area contributed by atoms with Crippen LogP contribution in [-0.2, 0) is 10.3 Å². The van der Waals surface area contributed by atoms with Crippen LogP contribution in [0.3, 0.4) is 0 Å². The number of benzene rings is 1. The van der Waals surface area contributed by atoms with Crippen molar-refractivity contribution in [2.75, 3.05) is 18.4 Å². The highest BCUT2D eigenvalue weighted by molar-refractivity contribution is 6.34. The van der Waals surface area contributed by atoms with Crippen LogP contribution in [0.25, 0.3) is 0 Å². The molecule has 0 unspecified atom stereocenters. The largest absolute Gasteiger partial charge is 0.349 e. The summed E-state index contributed by atoms with van der Waals surface area (Å²) >= 11 is 6.19. The Balaban J connectivity index is 1.57. The number of halogens is 1. The summed E-state index contributed by atoms with van der Waals surface area (Å²) in [6.07, 6.45) is 6.79. The number of piperidine rings is 1. The van der Waals surface area contributed by atoms with Crippen molar-refractivity contribution in [1.29, 1.82) is 0 Å². The summed E-state index contributed by atoms with van der Waals surface area (Å²) in [6, 6.07) is 7.05. The summed E-state index contributed by atoms with van der Waals surface area (Å²) in [5.41, 5.74) is 0.181. The lowest BCUT2D eigenvalue weighted by molar-refractivity contribution is -0.126. The highest BCUT2D eigenvalue weighted by Gasteiger charge is 2.42. The van der Waals surface area contributed by atoms with E-state index in [1.54, 1.807) is 29.1 Å². The van der Waals surface area contributed by atoms with Crippen LogP contribution >= 0.6 is 11.6 Å². The molecule has 0 bridgehead atoms. The van der Waals surface area contributed by atoms with Gasteiger partial charge in [0, 0.05) is 24.1 Å². The van der Waals surface area contributed by atoms with E-state index in [4.69, 9.17) is 11.6 Å². The number of amides is 2. The van der Waals surface area contributed by atoms with Crippen molar-refractivity contribution in [2.24, 2.45) is 0 Å². The molecule has 0 spiro atoms. The summed E-state index contributed by atoms with van der Waals surface area (Å²) in [7, 11) is 0. The molecule has 27 heavy (non-hydrogen) atoms. The molecule has 2 heterocycles. The zero-order valence-corrected chi connectivity index (χ0v) is 15.6. The van der Waals surface area contributed by atoms with Gasteiger partial charge < -0.3 is 16.0 Å². The number of nitrogens with zero attached hydrogens (tertiary/aromatic N) is 2. The van der Waals surface area contributed by atoms with Gasteiger partial charge in [0.05, 0.1) is 10.6 Å². The molecule has 2 aromatic rings. The molecule has 142 valence electrons. The summed E-state index contributed by atoms with van der Waals surface area (Å²) in [4.78, 5) is 25.6. The summed E-state index contributed by atoms with van der Waals surface area (Å²) in [5.74, 6) is -0.342. The Morgan fingerprint density at radius 3 is 2.70 bits per heavy atom. The Morgan fingerprint density at radius 2 is 2.04 bits per heavy atom. The quantitative estimate of drug-likeness (QED) is 0.733. The van der Waals surface area contributed by atoms with Gasteiger partial charge in [-0.05, 0) is 63.0 Å². The van der Waals surface area contributed by atoms with Gasteiger partial charge in [0.2, 0.25) is 0 Å². The number of hydrogen-bond donors (Lipinski definition) is 3. The van der Waals surface area contributed by atoms with E-state index in [-0.39, 0.29) is 17.9 Å². The Hall–Kier alpha value is -2.38. The molecule has 1 aromatic carbocycles. The maximum absolute atomic E-state index is 13.2. The predicted octanol–water partition coefficient (Wildman–Crippen LogP) is 2.15. The van der Waals surface area contributed by atoms with E-state index in [2.05, 4.69) is 21.0 Å². The van der Waals surface area contributed by atoms with Gasteiger partial charge in [-0.1, -0.05) is 11.6 Å². The molecular formula is C19H22ClN5O2. The van der Waals surface area contributed by atoms with Gasteiger partial charge in [0.1, 0.15) is 5.54 Å². The number of anilines is 1. The Bertz CT molecular complexity index is 842. The summed E-state index contributed by atoms with van der Waals surface area (Å²) in [6.45, 7) is 1.48. The van der Waals surface area contributed by atoms with Crippen molar-refractivity contribution in [3.63, 3.8) is 0 Å². The van der Waals surface area contributed by atoms with Gasteiger partial charge in [-0.15, -0.1) is 0 Å². The first-order valence-corrected chi connectivity index (χ1v) is 9.59. The van der Waals surface area contributed by atoms with Gasteiger partial charge in [0.15, 0.2) is 0 Å². The third-order valence-corrected chi connectivity index (χ3v) is 5.51. The van der Waals surface area contributed by atoms with Crippen molar-refractivity contribution < 1.29 is 9.59 Å². The molecule has 1 saturated carbocycles. The van der Waals surface area contributed by atoms with Crippen molar-refractivity contribution in [2.45, 2.75) is 37.3 Å². The molecular weight excluding hydrogens is 366 g/mol. The predicted molar refractivity (Wildman–Crippen MR) is 103 cm³/mol. The summed E-state index contributed by atoms with van der Waals surface area (Å²) in [5, 5.41) is 13.9. The second-order valence-corrected chi connectivity index (χ2v) is 7.54. The fourth-order valence-corrected chi connectivity index (χ4v) is 3.64. The number of hydrogen-bond acceptors (Lipinski definition) is 4. The minimum atomic E-state index is -0.745. The molecule has 4 rings (SSSR count). The van der Waals surface area contributed by atoms with E-state index in [0.29, 0.717) is 29.1 Å². The molecule has 0 atom stereocenters. The minimum absolute atomic E-state index is 0.136. The summed E-state index contributed by atoms with van der Waals surface area (Å²) < 4.78 is 1.74. The molecule has 1 saturated heterocycles. The van der Waals surface area contributed by atoms with Crippen LogP contribution in [0.1, 0.15) is 36.0 Å². The van der Waals surface area contributed by atoms with Crippen LogP contribution in [0.5, 0.6) is 0 Å². The third-order valence-electron chi connectivity index (χ3n) is 5.18. The second-order valence-electron chi connectivity index (χ2n) is 7.13. The van der Waals surface area contributed by atoms with E-state index >= 15 is 0 Å². The lowest BCUT2D eigenvalue weighted by atomic mass is 9.87. The molecule has 3 N–H and O–H groups in total. The molecule has 7 nitrogen and oxygen atoms in total. The average Bonchev–Trinajstić information content (AvgIpc) is 3.31. The van der Waals surface area contributed by atoms with Crippen molar-refractivity contribution in [1.82, 2.24) is 20.4 Å². The van der Waals surface area contributed by atoms with Gasteiger partial charge in [-0.2, -0.15) is 5.10 Å². The van der Waals surface area contributed by atoms with Crippen LogP contribution < -0.4 is 16.0 Å². The molecule has 2 aliphatic rings. The fourth-order valence-electron chi connectivity index (χ4n) is 3.44. The maximum Gasteiger partial charge on any atom is 0.253 e. The zero-order chi connectivity index (χ0) is 18.9. The molecule has 1 aliphatic heterocycles. The van der Waals surface area contributed by atoms with Crippen LogP contribution in [0.2, 0.25) is 5.02 Å². The van der Waals surface area contributed by atoms with E-state index in [9.17, 15) is 9.59 Å². The SMILES string of the molecule is O=C(NC1CC1)c1cc(NC(=O)C2(n3cccn3)CCNCC2)ccc1Cl. The highest BCUT2D eigenvalue weighted by Crippen LogP contribution is 2.30. The second kappa shape index (κ2) is 7.32. The Labute approximate surface area is 162 Å². The maximum atomic E-state index is 13.2. The van der Waals surface area contributed by atoms with E-state index in [1.165, 1.54) is 0 Å². The normalized spacial score (nSPS) is 18.7. The van der Waals surface area contributed by atoms with E-state index in [0.717, 1.165) is 25.9 Å². The molecule has 1 aromatic heterocycles. The van der Waals surface area contributed by atoms with Crippen molar-refractivity contribution in [3.8, 4) is 0 Å². The standard InChI is InChI=1S/C19H22ClN5O2/c20-16-5-4-14(12-15(16)17(26)23-13-2-3-13)24-18(27)19(6-9-21-10-7-19)25-11-1-8-22-25/h1,4-5,8,11-13,21H,2-3,6-7,9-10H2,(H,23,26)(H,24,27). The molecule has 8 heteroatoms. The monoisotopic (exact) mass is 387 g/mol. The van der Waals surface area contributed by atoms with Gasteiger partial charge >= 0.3 is 0 Å². The average molecular weight is 388 g/mol. The minimum Gasteiger partial charge on any atom is -0.349 e. The topological polar surface area (TPSA) is 88.1 Å². The van der Waals surface area contributed by atoms with Crippen LogP contribution in [0.15, 0.2) is 36.7 Å². The van der Waals surface area contributed by atoms with Crippen LogP contribution in [0.4, 0.5) is 5.69 Å². The number of carbonyl (C=O) groups is 2. The first-order valence-electron chi connectivity index (χ1n) is 9.21. The fraction of sp³-hybridized carbons (Fsp3) is 0.421. The van der Waals surface area contributed by atoms with Gasteiger partial charge in [-0.3, -0.25) is 14.3 Å². The third kappa shape index (κ3) is 3.70. The number of aromatic nitrogens is 2. The van der Waals surface area contributed by atoms with Gasteiger partial charge in [-0.25, -0.2) is 0 Å². The molecule has 1 aliphatic carbocycles. The molecule has 2 fully saturated rings. The Morgan fingerprint density at radius 1 is 1.26 bits per heavy atom. The lowest BCUT2D eigenvalue weighted by Gasteiger charge is -2.36. The number of rotatable bonds is 5. The highest BCUT2D eigenvalue weighted by atomic mass is 35.5. The van der Waals surface area contributed by atoms with Crippen molar-refractivity contribution in [3.05, 3.63) is 47.2 Å². The van der Waals surface area contributed by atoms with Crippen LogP contribution in [0, 0.1) is 0 Å². The van der Waals surface area contributed by atoms with E-state index < -0.39 is 5.54 Å². The lowest BCUT2D eigenvalue weighted by Crippen LogP contribution is -2.52. The van der Waals surface area contributed by atoms with Crippen LogP contribution in [-0.4, -0.2) is 40.7 Å². The number of nitrogens with one attached hydrogen (secondary N) is 3. The first kappa shape index (κ1) is 18.0. The molecule has 0 radical (unpaired) electrons. The van der Waals surface area contributed by atoms with E-state index in [1.807, 2.05) is 12.3 Å². The van der Waals surface area contributed by atoms with Crippen molar-refractivity contribution >= 4 is 29.1 Å². The Kier molecular flexibility index (Phi) is 4.88. The number of carbonyl (C=O) groups excluding carboxylic acids is 2.